The Labute approximate surface area is 204 Å². The van der Waals surface area contributed by atoms with E-state index >= 15 is 0 Å². The summed E-state index contributed by atoms with van der Waals surface area (Å²) >= 11 is 18.5. The van der Waals surface area contributed by atoms with E-state index in [1.54, 1.807) is 5.32 Å². The largest absolute Gasteiger partial charge is 0.405 e. The third-order valence-corrected chi connectivity index (χ3v) is 6.87. The second kappa shape index (κ2) is 9.47. The average molecular weight is 548 g/mol. The van der Waals surface area contributed by atoms with E-state index in [2.05, 4.69) is 5.32 Å². The van der Waals surface area contributed by atoms with Crippen LogP contribution in [0.15, 0.2) is 36.4 Å². The monoisotopic (exact) mass is 546 g/mol. The van der Waals surface area contributed by atoms with E-state index in [0.29, 0.717) is 12.4 Å². The summed E-state index contributed by atoms with van der Waals surface area (Å²) in [6, 6.07) is 6.41. The number of hydrogen-bond donors (Lipinski definition) is 2. The van der Waals surface area contributed by atoms with Gasteiger partial charge in [-0.05, 0) is 42.0 Å². The van der Waals surface area contributed by atoms with Gasteiger partial charge in [-0.1, -0.05) is 34.8 Å². The van der Waals surface area contributed by atoms with Gasteiger partial charge in [0.25, 0.3) is 12.3 Å². The molecule has 34 heavy (non-hydrogen) atoms. The summed E-state index contributed by atoms with van der Waals surface area (Å²) in [4.78, 5) is 24.1. The normalized spacial score (nSPS) is 21.3. The van der Waals surface area contributed by atoms with E-state index in [9.17, 15) is 35.9 Å². The first kappa shape index (κ1) is 26.4. The first-order chi connectivity index (χ1) is 15.7. The minimum atomic E-state index is -4.62. The molecule has 2 aromatic carbocycles. The van der Waals surface area contributed by atoms with Gasteiger partial charge in [0.15, 0.2) is 0 Å². The van der Waals surface area contributed by atoms with Gasteiger partial charge in [-0.2, -0.15) is 13.2 Å². The smallest absolute Gasteiger partial charge is 0.384 e. The SMILES string of the molecule is O=CC1(CNc2ccc(Cl)c(C(=O)NCC(F)(F)F)c2)C(c2cc(F)cc(C(F)F)c2)C1(Cl)Cl. The van der Waals surface area contributed by atoms with Crippen LogP contribution >= 0.6 is 34.8 Å². The molecule has 0 bridgehead atoms. The molecule has 1 aliphatic rings. The predicted molar refractivity (Wildman–Crippen MR) is 115 cm³/mol. The van der Waals surface area contributed by atoms with Gasteiger partial charge in [-0.3, -0.25) is 4.79 Å². The van der Waals surface area contributed by atoms with Gasteiger partial charge in [-0.25, -0.2) is 13.2 Å². The molecule has 1 saturated carbocycles. The molecule has 2 unspecified atom stereocenters. The molecule has 1 aliphatic carbocycles. The highest BCUT2D eigenvalue weighted by atomic mass is 35.5. The Bertz CT molecular complexity index is 1110. The van der Waals surface area contributed by atoms with Gasteiger partial charge >= 0.3 is 6.18 Å². The molecule has 3 rings (SSSR count). The minimum absolute atomic E-state index is 0.00229. The Morgan fingerprint density at radius 2 is 1.82 bits per heavy atom. The summed E-state index contributed by atoms with van der Waals surface area (Å²) in [6.07, 6.45) is -7.17. The van der Waals surface area contributed by atoms with Gasteiger partial charge in [0.1, 0.15) is 23.0 Å². The standard InChI is InChI=1S/C21H15Cl3F6N2O2/c22-15-2-1-13(6-14(15)18(34)32-8-20(28,29)30)31-7-19(9-33)16(21(19,23)24)10-3-11(17(26)27)5-12(25)4-10/h1-6,9,16-17,31H,7-8H2,(H,32,34). The van der Waals surface area contributed by atoms with Crippen LogP contribution in [0.2, 0.25) is 5.02 Å². The molecule has 0 saturated heterocycles. The van der Waals surface area contributed by atoms with Gasteiger partial charge in [0, 0.05) is 23.7 Å². The fourth-order valence-electron chi connectivity index (χ4n) is 3.65. The van der Waals surface area contributed by atoms with Crippen molar-refractivity contribution in [2.75, 3.05) is 18.4 Å². The van der Waals surface area contributed by atoms with Gasteiger partial charge < -0.3 is 15.4 Å². The maximum absolute atomic E-state index is 13.9. The molecule has 2 atom stereocenters. The average Bonchev–Trinajstić information content (AvgIpc) is 3.25. The van der Waals surface area contributed by atoms with Crippen LogP contribution in [0.5, 0.6) is 0 Å². The molecule has 4 nitrogen and oxygen atoms in total. The number of alkyl halides is 7. The molecule has 0 aliphatic heterocycles. The molecule has 1 amide bonds. The number of amides is 1. The zero-order valence-electron chi connectivity index (χ0n) is 16.8. The molecular weight excluding hydrogens is 533 g/mol. The lowest BCUT2D eigenvalue weighted by atomic mass is 9.98. The molecular formula is C21H15Cl3F6N2O2. The lowest BCUT2D eigenvalue weighted by Gasteiger charge is -2.15. The number of aldehydes is 1. The number of anilines is 1. The molecule has 0 heterocycles. The summed E-state index contributed by atoms with van der Waals surface area (Å²) < 4.78 is 75.4. The van der Waals surface area contributed by atoms with Crippen LogP contribution in [-0.4, -0.2) is 35.8 Å². The van der Waals surface area contributed by atoms with Crippen molar-refractivity contribution in [3.8, 4) is 0 Å². The predicted octanol–water partition coefficient (Wildman–Crippen LogP) is 6.28. The maximum Gasteiger partial charge on any atom is 0.405 e. The van der Waals surface area contributed by atoms with Crippen LogP contribution in [0.1, 0.15) is 33.8 Å². The minimum Gasteiger partial charge on any atom is -0.384 e. The van der Waals surface area contributed by atoms with Crippen LogP contribution in [0, 0.1) is 11.2 Å². The number of nitrogens with one attached hydrogen (secondary N) is 2. The lowest BCUT2D eigenvalue weighted by Crippen LogP contribution is -2.33. The third kappa shape index (κ3) is 5.23. The number of halogens is 9. The molecule has 0 aromatic heterocycles. The highest BCUT2D eigenvalue weighted by Gasteiger charge is 2.76. The second-order valence-corrected chi connectivity index (χ2v) is 9.47. The van der Waals surface area contributed by atoms with Gasteiger partial charge in [-0.15, -0.1) is 0 Å². The van der Waals surface area contributed by atoms with Crippen molar-refractivity contribution in [1.82, 2.24) is 5.32 Å². The van der Waals surface area contributed by atoms with E-state index in [1.165, 1.54) is 12.1 Å². The maximum atomic E-state index is 13.9. The summed E-state index contributed by atoms with van der Waals surface area (Å²) in [5.41, 5.74) is -2.24. The topological polar surface area (TPSA) is 58.2 Å². The number of carbonyl (C=O) groups excluding carboxylic acids is 2. The summed E-state index contributed by atoms with van der Waals surface area (Å²) in [5.74, 6) is -3.07. The van der Waals surface area contributed by atoms with E-state index in [-0.39, 0.29) is 28.4 Å². The van der Waals surface area contributed by atoms with E-state index < -0.39 is 52.1 Å². The zero-order chi connectivity index (χ0) is 25.5. The molecule has 1 fully saturated rings. The Balaban J connectivity index is 1.82. The van der Waals surface area contributed by atoms with Crippen molar-refractivity contribution in [3.63, 3.8) is 0 Å². The molecule has 2 aromatic rings. The van der Waals surface area contributed by atoms with Crippen molar-refractivity contribution in [3.05, 3.63) is 63.9 Å². The van der Waals surface area contributed by atoms with Crippen LogP contribution in [0.4, 0.5) is 32.0 Å². The number of benzene rings is 2. The molecule has 2 N–H and O–H groups in total. The third-order valence-electron chi connectivity index (χ3n) is 5.40. The van der Waals surface area contributed by atoms with Gasteiger partial charge in [0.2, 0.25) is 0 Å². The van der Waals surface area contributed by atoms with E-state index in [0.717, 1.165) is 18.2 Å². The van der Waals surface area contributed by atoms with Crippen LogP contribution < -0.4 is 10.6 Å². The summed E-state index contributed by atoms with van der Waals surface area (Å²) in [7, 11) is 0. The number of carbonyl (C=O) groups is 2. The van der Waals surface area contributed by atoms with E-state index in [1.807, 2.05) is 0 Å². The van der Waals surface area contributed by atoms with Crippen molar-refractivity contribution in [1.29, 1.82) is 0 Å². The quantitative estimate of drug-likeness (QED) is 0.232. The fraction of sp³-hybridized carbons (Fsp3) is 0.333. The van der Waals surface area contributed by atoms with Crippen molar-refractivity contribution >= 4 is 52.7 Å². The van der Waals surface area contributed by atoms with Crippen LogP contribution in [0.3, 0.4) is 0 Å². The highest BCUT2D eigenvalue weighted by molar-refractivity contribution is 6.54. The zero-order valence-corrected chi connectivity index (χ0v) is 19.1. The van der Waals surface area contributed by atoms with E-state index in [4.69, 9.17) is 34.8 Å². The first-order valence-corrected chi connectivity index (χ1v) is 10.7. The van der Waals surface area contributed by atoms with Crippen molar-refractivity contribution in [2.24, 2.45) is 5.41 Å². The summed E-state index contributed by atoms with van der Waals surface area (Å²) in [5, 5.41) is 4.37. The Morgan fingerprint density at radius 3 is 2.41 bits per heavy atom. The molecule has 13 heteroatoms. The van der Waals surface area contributed by atoms with Crippen molar-refractivity contribution < 1.29 is 35.9 Å². The molecule has 184 valence electrons. The summed E-state index contributed by atoms with van der Waals surface area (Å²) in [6.45, 7) is -1.83. The Hall–Kier alpha value is -2.17. The second-order valence-electron chi connectivity index (χ2n) is 7.68. The van der Waals surface area contributed by atoms with Crippen LogP contribution in [-0.2, 0) is 4.79 Å². The Kier molecular flexibility index (Phi) is 7.36. The highest BCUT2D eigenvalue weighted by Crippen LogP contribution is 2.73. The number of hydrogen-bond acceptors (Lipinski definition) is 3. The Morgan fingerprint density at radius 1 is 1.15 bits per heavy atom. The molecule has 0 spiro atoms. The first-order valence-electron chi connectivity index (χ1n) is 9.53. The molecule has 0 radical (unpaired) electrons. The van der Waals surface area contributed by atoms with Gasteiger partial charge in [0.05, 0.1) is 16.0 Å². The van der Waals surface area contributed by atoms with Crippen molar-refractivity contribution in [2.45, 2.75) is 22.9 Å². The lowest BCUT2D eigenvalue weighted by molar-refractivity contribution is -0.123. The fourth-order valence-corrected chi connectivity index (χ4v) is 4.83. The van der Waals surface area contributed by atoms with Crippen LogP contribution in [0.25, 0.3) is 0 Å². The number of rotatable bonds is 8.